The molecule has 1 aliphatic heterocycles. The van der Waals surface area contributed by atoms with Crippen LogP contribution in [0.1, 0.15) is 32.1 Å². The minimum Gasteiger partial charge on any atom is -0.309 e. The molecule has 9 nitrogen and oxygen atoms in total. The van der Waals surface area contributed by atoms with Crippen LogP contribution in [0.3, 0.4) is 0 Å². The van der Waals surface area contributed by atoms with Crippen LogP contribution in [0.5, 0.6) is 0 Å². The average Bonchev–Trinajstić information content (AvgIpc) is 2.84. The summed E-state index contributed by atoms with van der Waals surface area (Å²) in [6.07, 6.45) is 1.47. The Morgan fingerprint density at radius 3 is 2.54 bits per heavy atom. The van der Waals surface area contributed by atoms with Crippen molar-refractivity contribution in [2.75, 3.05) is 26.4 Å². The molecule has 10 heteroatoms. The number of aromatic nitrogens is 2. The number of nitrogens with zero attached hydrogens (tertiary/aromatic N) is 2. The quantitative estimate of drug-likeness (QED) is 0.729. The first-order valence-corrected chi connectivity index (χ1v) is 9.62. The van der Waals surface area contributed by atoms with E-state index in [-0.39, 0.29) is 25.4 Å². The van der Waals surface area contributed by atoms with Crippen LogP contribution in [-0.2, 0) is 18.5 Å². The Bertz CT molecular complexity index is 720. The highest BCUT2D eigenvalue weighted by Gasteiger charge is 2.39. The van der Waals surface area contributed by atoms with Crippen molar-refractivity contribution in [2.24, 2.45) is 0 Å². The van der Waals surface area contributed by atoms with E-state index in [1.165, 1.54) is 10.8 Å². The second-order valence-corrected chi connectivity index (χ2v) is 7.71. The maximum absolute atomic E-state index is 12.7. The molecule has 0 aliphatic carbocycles. The smallest absolute Gasteiger partial charge is 0.309 e. The minimum absolute atomic E-state index is 0.165. The van der Waals surface area contributed by atoms with Crippen LogP contribution in [-0.4, -0.2) is 47.1 Å². The SMILES string of the molecule is CCOP(=O)(C[C@@H]1C[C@H](n2cc(C)c(=O)[nH]c2=O)ON1C)OCC. The van der Waals surface area contributed by atoms with Crippen molar-refractivity contribution in [3.8, 4) is 0 Å². The van der Waals surface area contributed by atoms with Crippen molar-refractivity contribution < 1.29 is 18.5 Å². The largest absolute Gasteiger partial charge is 0.332 e. The molecule has 2 rings (SSSR count). The van der Waals surface area contributed by atoms with Gasteiger partial charge in [0.15, 0.2) is 6.23 Å². The summed E-state index contributed by atoms with van der Waals surface area (Å²) in [6, 6.07) is -0.238. The van der Waals surface area contributed by atoms with Crippen LogP contribution in [0.25, 0.3) is 0 Å². The molecule has 0 saturated carbocycles. The molecule has 1 saturated heterocycles. The van der Waals surface area contributed by atoms with Crippen LogP contribution in [0.2, 0.25) is 0 Å². The van der Waals surface area contributed by atoms with Crippen LogP contribution < -0.4 is 11.2 Å². The molecule has 1 N–H and O–H groups in total. The second-order valence-electron chi connectivity index (χ2n) is 5.60. The number of nitrogens with one attached hydrogen (secondary N) is 1. The highest BCUT2D eigenvalue weighted by molar-refractivity contribution is 7.53. The van der Waals surface area contributed by atoms with E-state index in [4.69, 9.17) is 13.9 Å². The lowest BCUT2D eigenvalue weighted by atomic mass is 10.2. The van der Waals surface area contributed by atoms with Crippen LogP contribution in [0.15, 0.2) is 15.8 Å². The van der Waals surface area contributed by atoms with E-state index < -0.39 is 25.1 Å². The summed E-state index contributed by atoms with van der Waals surface area (Å²) in [7, 11) is -1.52. The molecule has 136 valence electrons. The predicted octanol–water partition coefficient (Wildman–Crippen LogP) is 1.25. The first-order chi connectivity index (χ1) is 11.3. The number of hydrogen-bond donors (Lipinski definition) is 1. The highest BCUT2D eigenvalue weighted by Crippen LogP contribution is 2.50. The molecule has 2 heterocycles. The van der Waals surface area contributed by atoms with Gasteiger partial charge in [-0.3, -0.25) is 23.7 Å². The Balaban J connectivity index is 2.18. The molecular weight excluding hydrogens is 337 g/mol. The number of hydroxylamine groups is 2. The van der Waals surface area contributed by atoms with Gasteiger partial charge in [0.25, 0.3) is 5.56 Å². The average molecular weight is 361 g/mol. The zero-order valence-electron chi connectivity index (χ0n) is 14.4. The van der Waals surface area contributed by atoms with E-state index in [0.717, 1.165) is 0 Å². The molecule has 1 fully saturated rings. The van der Waals surface area contributed by atoms with E-state index in [2.05, 4.69) is 4.98 Å². The number of aromatic amines is 1. The predicted molar refractivity (Wildman–Crippen MR) is 88.1 cm³/mol. The van der Waals surface area contributed by atoms with Gasteiger partial charge in [-0.1, -0.05) is 0 Å². The lowest BCUT2D eigenvalue weighted by Gasteiger charge is -2.22. The summed E-state index contributed by atoms with van der Waals surface area (Å²) in [5.41, 5.74) is -0.544. The Kier molecular flexibility index (Phi) is 6.17. The van der Waals surface area contributed by atoms with Gasteiger partial charge >= 0.3 is 13.3 Å². The summed E-state index contributed by atoms with van der Waals surface area (Å²) in [5.74, 6) is 0. The van der Waals surface area contributed by atoms with Gasteiger partial charge < -0.3 is 9.05 Å². The van der Waals surface area contributed by atoms with Gasteiger partial charge in [0.05, 0.1) is 25.4 Å². The Labute approximate surface area is 140 Å². The maximum atomic E-state index is 12.7. The zero-order chi connectivity index (χ0) is 17.9. The van der Waals surface area contributed by atoms with Gasteiger partial charge in [-0.2, -0.15) is 5.06 Å². The van der Waals surface area contributed by atoms with E-state index >= 15 is 0 Å². The molecular formula is C14H24N3O6P. The van der Waals surface area contributed by atoms with Gasteiger partial charge in [-0.15, -0.1) is 0 Å². The van der Waals surface area contributed by atoms with Crippen LogP contribution in [0, 0.1) is 6.92 Å². The van der Waals surface area contributed by atoms with Crippen molar-refractivity contribution in [3.05, 3.63) is 32.6 Å². The summed E-state index contributed by atoms with van der Waals surface area (Å²) in [5, 5.41) is 1.56. The Morgan fingerprint density at radius 2 is 1.96 bits per heavy atom. The standard InChI is InChI=1S/C14H24N3O6P/c1-5-21-24(20,22-6-2)9-11-7-12(23-16(11)4)17-8-10(3)13(18)15-14(17)19/h8,11-12H,5-7,9H2,1-4H3,(H,15,18,19)/t11-,12+/m0/s1. The maximum Gasteiger partial charge on any atom is 0.332 e. The molecule has 0 bridgehead atoms. The fraction of sp³-hybridized carbons (Fsp3) is 0.714. The molecule has 0 spiro atoms. The molecule has 0 aromatic carbocycles. The summed E-state index contributed by atoms with van der Waals surface area (Å²) >= 11 is 0. The fourth-order valence-electron chi connectivity index (χ4n) is 2.65. The summed E-state index contributed by atoms with van der Waals surface area (Å²) in [4.78, 5) is 31.4. The first-order valence-electron chi connectivity index (χ1n) is 7.89. The molecule has 1 aliphatic rings. The van der Waals surface area contributed by atoms with E-state index in [9.17, 15) is 14.2 Å². The Hall–Kier alpha value is -1.25. The summed E-state index contributed by atoms with van der Waals surface area (Å²) in [6.45, 7) is 5.70. The van der Waals surface area contributed by atoms with Crippen molar-refractivity contribution in [3.63, 3.8) is 0 Å². The third-order valence-corrected chi connectivity index (χ3v) is 5.99. The van der Waals surface area contributed by atoms with E-state index in [1.807, 2.05) is 0 Å². The molecule has 24 heavy (non-hydrogen) atoms. The Morgan fingerprint density at radius 1 is 1.33 bits per heavy atom. The summed E-state index contributed by atoms with van der Waals surface area (Å²) < 4.78 is 24.6. The van der Waals surface area contributed by atoms with E-state index in [1.54, 1.807) is 32.9 Å². The van der Waals surface area contributed by atoms with Crippen molar-refractivity contribution in [1.29, 1.82) is 0 Å². The van der Waals surface area contributed by atoms with Gasteiger partial charge in [0.1, 0.15) is 0 Å². The van der Waals surface area contributed by atoms with Crippen LogP contribution >= 0.6 is 7.60 Å². The lowest BCUT2D eigenvalue weighted by Crippen LogP contribution is -2.33. The van der Waals surface area contributed by atoms with Gasteiger partial charge in [0, 0.05) is 25.2 Å². The topological polar surface area (TPSA) is 103 Å². The van der Waals surface area contributed by atoms with Crippen molar-refractivity contribution >= 4 is 7.60 Å². The number of hydrogen-bond acceptors (Lipinski definition) is 7. The molecule has 1 aromatic heterocycles. The minimum atomic E-state index is -3.22. The molecule has 2 atom stereocenters. The van der Waals surface area contributed by atoms with Crippen LogP contribution in [0.4, 0.5) is 0 Å². The highest BCUT2D eigenvalue weighted by atomic mass is 31.2. The lowest BCUT2D eigenvalue weighted by molar-refractivity contribution is -0.164. The molecule has 0 unspecified atom stereocenters. The number of H-pyrrole nitrogens is 1. The number of rotatable bonds is 7. The second kappa shape index (κ2) is 7.76. The van der Waals surface area contributed by atoms with E-state index in [0.29, 0.717) is 12.0 Å². The molecule has 1 aromatic rings. The zero-order valence-corrected chi connectivity index (χ0v) is 15.2. The molecule has 0 radical (unpaired) electrons. The first kappa shape index (κ1) is 19.1. The third-order valence-electron chi connectivity index (χ3n) is 3.82. The van der Waals surface area contributed by atoms with Crippen molar-refractivity contribution in [2.45, 2.75) is 39.5 Å². The molecule has 0 amide bonds. The third kappa shape index (κ3) is 4.23. The van der Waals surface area contributed by atoms with Gasteiger partial charge in [-0.05, 0) is 20.8 Å². The van der Waals surface area contributed by atoms with Gasteiger partial charge in [0.2, 0.25) is 0 Å². The number of aryl methyl sites for hydroxylation is 1. The normalized spacial score (nSPS) is 22.2. The van der Waals surface area contributed by atoms with Crippen molar-refractivity contribution in [1.82, 2.24) is 14.6 Å². The monoisotopic (exact) mass is 361 g/mol. The van der Waals surface area contributed by atoms with Gasteiger partial charge in [-0.25, -0.2) is 4.79 Å². The fourth-order valence-corrected chi connectivity index (χ4v) is 4.62.